The lowest BCUT2D eigenvalue weighted by atomic mass is 10.1. The summed E-state index contributed by atoms with van der Waals surface area (Å²) in [5.41, 5.74) is 1.27. The molecule has 0 aliphatic heterocycles. The molecule has 0 saturated heterocycles. The highest BCUT2D eigenvalue weighted by atomic mass is 32.1. The van der Waals surface area contributed by atoms with E-state index in [9.17, 15) is 0 Å². The second kappa shape index (κ2) is 8.54. The van der Waals surface area contributed by atoms with Crippen LogP contribution in [-0.2, 0) is 6.54 Å². The largest absolute Gasteiger partial charge is 0.349 e. The van der Waals surface area contributed by atoms with Crippen LogP contribution in [-0.4, -0.2) is 24.6 Å². The Morgan fingerprint density at radius 2 is 1.89 bits per heavy atom. The molecule has 0 aromatic carbocycles. The number of thiazole rings is 1. The zero-order chi connectivity index (χ0) is 14.3. The summed E-state index contributed by atoms with van der Waals surface area (Å²) in [5, 5.41) is 4.72. The minimum Gasteiger partial charge on any atom is -0.349 e. The Labute approximate surface area is 122 Å². The lowest BCUT2D eigenvalue weighted by molar-refractivity contribution is 0.639. The van der Waals surface area contributed by atoms with Gasteiger partial charge in [0.1, 0.15) is 0 Å². The van der Waals surface area contributed by atoms with Crippen LogP contribution in [0.15, 0.2) is 0 Å². The van der Waals surface area contributed by atoms with Crippen LogP contribution in [0.5, 0.6) is 0 Å². The quantitative estimate of drug-likeness (QED) is 0.694. The summed E-state index contributed by atoms with van der Waals surface area (Å²) in [7, 11) is 0. The average molecular weight is 283 g/mol. The van der Waals surface area contributed by atoms with Crippen LogP contribution in [0.2, 0.25) is 0 Å². The molecule has 1 heterocycles. The third kappa shape index (κ3) is 4.77. The molecule has 19 heavy (non-hydrogen) atoms. The molecule has 0 bridgehead atoms. The topological polar surface area (TPSA) is 28.2 Å². The van der Waals surface area contributed by atoms with E-state index in [0.29, 0.717) is 5.92 Å². The highest BCUT2D eigenvalue weighted by molar-refractivity contribution is 7.15. The molecule has 110 valence electrons. The molecule has 3 nitrogen and oxygen atoms in total. The first-order valence-electron chi connectivity index (χ1n) is 7.59. The minimum atomic E-state index is 0.503. The first-order chi connectivity index (χ1) is 9.13. The van der Waals surface area contributed by atoms with Gasteiger partial charge in [0.15, 0.2) is 5.13 Å². The summed E-state index contributed by atoms with van der Waals surface area (Å²) in [5.74, 6) is 0.503. The van der Waals surface area contributed by atoms with E-state index in [1.54, 1.807) is 0 Å². The molecule has 1 aromatic heterocycles. The molecule has 1 aromatic rings. The first-order valence-corrected chi connectivity index (χ1v) is 8.40. The Morgan fingerprint density at radius 3 is 2.42 bits per heavy atom. The van der Waals surface area contributed by atoms with Crippen LogP contribution >= 0.6 is 11.3 Å². The molecule has 0 atom stereocenters. The third-order valence-electron chi connectivity index (χ3n) is 3.29. The van der Waals surface area contributed by atoms with Gasteiger partial charge in [0.2, 0.25) is 0 Å². The van der Waals surface area contributed by atoms with Gasteiger partial charge in [-0.05, 0) is 32.7 Å². The van der Waals surface area contributed by atoms with Crippen LogP contribution in [0.25, 0.3) is 0 Å². The zero-order valence-corrected chi connectivity index (χ0v) is 13.9. The molecule has 1 N–H and O–H groups in total. The summed E-state index contributed by atoms with van der Waals surface area (Å²) < 4.78 is 0. The molecule has 0 radical (unpaired) electrons. The predicted molar refractivity (Wildman–Crippen MR) is 86.4 cm³/mol. The number of hydrogen-bond donors (Lipinski definition) is 1. The van der Waals surface area contributed by atoms with Crippen molar-refractivity contribution < 1.29 is 0 Å². The highest BCUT2D eigenvalue weighted by Gasteiger charge is 2.16. The van der Waals surface area contributed by atoms with E-state index in [0.717, 1.165) is 26.2 Å². The predicted octanol–water partition coefficient (Wildman–Crippen LogP) is 4.00. The van der Waals surface area contributed by atoms with Crippen LogP contribution in [0.3, 0.4) is 0 Å². The zero-order valence-electron chi connectivity index (χ0n) is 13.1. The summed E-state index contributed by atoms with van der Waals surface area (Å²) >= 11 is 1.86. The van der Waals surface area contributed by atoms with E-state index < -0.39 is 0 Å². The fraction of sp³-hybridized carbons (Fsp3) is 0.800. The van der Waals surface area contributed by atoms with Crippen LogP contribution in [0.1, 0.15) is 63.9 Å². The number of unbranched alkanes of at least 4 members (excludes halogenated alkanes) is 1. The van der Waals surface area contributed by atoms with Gasteiger partial charge in [-0.15, -0.1) is 11.3 Å². The third-order valence-corrected chi connectivity index (χ3v) is 4.42. The van der Waals surface area contributed by atoms with Gasteiger partial charge in [-0.3, -0.25) is 0 Å². The lowest BCUT2D eigenvalue weighted by Gasteiger charge is -2.16. The van der Waals surface area contributed by atoms with Crippen molar-refractivity contribution in [3.05, 3.63) is 10.6 Å². The van der Waals surface area contributed by atoms with E-state index in [-0.39, 0.29) is 0 Å². The van der Waals surface area contributed by atoms with E-state index in [1.807, 2.05) is 11.3 Å². The Balaban J connectivity index is 2.77. The van der Waals surface area contributed by atoms with Crippen molar-refractivity contribution in [1.29, 1.82) is 0 Å². The summed E-state index contributed by atoms with van der Waals surface area (Å²) in [6, 6.07) is 0. The van der Waals surface area contributed by atoms with Crippen LogP contribution in [0, 0.1) is 0 Å². The molecule has 0 unspecified atom stereocenters. The fourth-order valence-corrected chi connectivity index (χ4v) is 3.37. The van der Waals surface area contributed by atoms with Crippen molar-refractivity contribution in [3.8, 4) is 0 Å². The number of aromatic nitrogens is 1. The summed E-state index contributed by atoms with van der Waals surface area (Å²) in [6.07, 6.45) is 2.50. The Hall–Kier alpha value is -0.610. The Morgan fingerprint density at radius 1 is 1.21 bits per heavy atom. The van der Waals surface area contributed by atoms with Crippen molar-refractivity contribution in [2.75, 3.05) is 24.5 Å². The first kappa shape index (κ1) is 16.4. The van der Waals surface area contributed by atoms with Gasteiger partial charge < -0.3 is 10.2 Å². The van der Waals surface area contributed by atoms with E-state index in [2.05, 4.69) is 44.8 Å². The second-order valence-corrected chi connectivity index (χ2v) is 6.22. The number of rotatable bonds is 9. The van der Waals surface area contributed by atoms with Crippen molar-refractivity contribution in [1.82, 2.24) is 10.3 Å². The van der Waals surface area contributed by atoms with Crippen molar-refractivity contribution in [2.24, 2.45) is 0 Å². The standard InChI is InChI=1S/C15H29N3S/c1-6-9-10-16-11-13-14(12(4)5)17-15(19-13)18(7-2)8-3/h12,16H,6-11H2,1-5H3. The van der Waals surface area contributed by atoms with Gasteiger partial charge in [-0.1, -0.05) is 27.2 Å². The monoisotopic (exact) mass is 283 g/mol. The molecule has 0 amide bonds. The van der Waals surface area contributed by atoms with Gasteiger partial charge in [-0.2, -0.15) is 0 Å². The van der Waals surface area contributed by atoms with E-state index in [1.165, 1.54) is 28.5 Å². The Bertz CT molecular complexity index is 356. The van der Waals surface area contributed by atoms with Gasteiger partial charge in [0.25, 0.3) is 0 Å². The van der Waals surface area contributed by atoms with Gasteiger partial charge in [0.05, 0.1) is 5.69 Å². The summed E-state index contributed by atoms with van der Waals surface area (Å²) in [6.45, 7) is 15.2. The highest BCUT2D eigenvalue weighted by Crippen LogP contribution is 2.30. The van der Waals surface area contributed by atoms with Crippen molar-refractivity contribution in [2.45, 2.75) is 59.9 Å². The maximum absolute atomic E-state index is 4.86. The van der Waals surface area contributed by atoms with Crippen molar-refractivity contribution >= 4 is 16.5 Å². The second-order valence-electron chi connectivity index (χ2n) is 5.16. The molecule has 0 spiro atoms. The minimum absolute atomic E-state index is 0.503. The molecule has 1 rings (SSSR count). The average Bonchev–Trinajstić information content (AvgIpc) is 2.80. The lowest BCUT2D eigenvalue weighted by Crippen LogP contribution is -2.21. The number of nitrogens with zero attached hydrogens (tertiary/aromatic N) is 2. The van der Waals surface area contributed by atoms with Gasteiger partial charge in [-0.25, -0.2) is 4.98 Å². The normalized spacial score (nSPS) is 11.3. The molecular weight excluding hydrogens is 254 g/mol. The SMILES string of the molecule is CCCCNCc1sc(N(CC)CC)nc1C(C)C. The fourth-order valence-electron chi connectivity index (χ4n) is 2.06. The molecule has 4 heteroatoms. The molecule has 0 fully saturated rings. The maximum atomic E-state index is 4.86. The number of nitrogens with one attached hydrogen (secondary N) is 1. The summed E-state index contributed by atoms with van der Waals surface area (Å²) in [4.78, 5) is 8.60. The smallest absolute Gasteiger partial charge is 0.185 e. The number of hydrogen-bond acceptors (Lipinski definition) is 4. The Kier molecular flexibility index (Phi) is 7.39. The molecule has 0 saturated carbocycles. The van der Waals surface area contributed by atoms with Gasteiger partial charge >= 0.3 is 0 Å². The van der Waals surface area contributed by atoms with E-state index in [4.69, 9.17) is 4.98 Å². The van der Waals surface area contributed by atoms with Crippen LogP contribution < -0.4 is 10.2 Å². The van der Waals surface area contributed by atoms with Gasteiger partial charge in [0, 0.05) is 24.5 Å². The molecular formula is C15H29N3S. The van der Waals surface area contributed by atoms with Crippen LogP contribution in [0.4, 0.5) is 5.13 Å². The van der Waals surface area contributed by atoms with E-state index >= 15 is 0 Å². The van der Waals surface area contributed by atoms with Crippen molar-refractivity contribution in [3.63, 3.8) is 0 Å². The maximum Gasteiger partial charge on any atom is 0.185 e. The molecule has 0 aliphatic carbocycles. The molecule has 0 aliphatic rings. The number of anilines is 1.